The second-order valence-electron chi connectivity index (χ2n) is 5.34. The Bertz CT molecular complexity index is 663. The predicted octanol–water partition coefficient (Wildman–Crippen LogP) is -0.384. The number of likely N-dealkylation sites (tertiary alicyclic amines) is 1. The van der Waals surface area contributed by atoms with Crippen molar-refractivity contribution in [3.05, 3.63) is 24.5 Å². The molecule has 1 fully saturated rings. The zero-order valence-corrected chi connectivity index (χ0v) is 13.5. The molecule has 0 saturated carbocycles. The van der Waals surface area contributed by atoms with Crippen molar-refractivity contribution in [1.82, 2.24) is 14.6 Å². The van der Waals surface area contributed by atoms with Crippen molar-refractivity contribution in [2.75, 3.05) is 13.1 Å². The number of primary amides is 1. The maximum atomic E-state index is 12.2. The van der Waals surface area contributed by atoms with Crippen molar-refractivity contribution >= 4 is 21.8 Å². The molecule has 1 aromatic heterocycles. The van der Waals surface area contributed by atoms with Gasteiger partial charge in [-0.25, -0.2) is 13.1 Å². The van der Waals surface area contributed by atoms with Crippen molar-refractivity contribution < 1.29 is 18.0 Å². The summed E-state index contributed by atoms with van der Waals surface area (Å²) < 4.78 is 26.4. The number of carbonyl (C=O) groups is 2. The Balaban J connectivity index is 1.90. The molecular formula is C14H20N4O4S. The van der Waals surface area contributed by atoms with Crippen LogP contribution in [0, 0.1) is 0 Å². The summed E-state index contributed by atoms with van der Waals surface area (Å²) in [4.78, 5) is 28.8. The molecule has 2 amide bonds. The van der Waals surface area contributed by atoms with Gasteiger partial charge >= 0.3 is 0 Å². The standard InChI is InChI=1S/C14H20N4O4S/c15-14(20)12-5-1-2-9-18(12)13(19)6-8-17-23(21,22)11-4-3-7-16-10-11/h3-4,7,10,12,17H,1-2,5-6,8-9H2,(H2,15,20). The minimum absolute atomic E-state index is 0.0245. The van der Waals surface area contributed by atoms with E-state index in [2.05, 4.69) is 9.71 Å². The number of aromatic nitrogens is 1. The van der Waals surface area contributed by atoms with Crippen molar-refractivity contribution in [3.8, 4) is 0 Å². The van der Waals surface area contributed by atoms with Crippen LogP contribution >= 0.6 is 0 Å². The van der Waals surface area contributed by atoms with E-state index in [0.29, 0.717) is 13.0 Å². The number of piperidine rings is 1. The first-order valence-electron chi connectivity index (χ1n) is 7.40. The molecule has 1 atom stereocenters. The molecule has 126 valence electrons. The highest BCUT2D eigenvalue weighted by Crippen LogP contribution is 2.17. The second kappa shape index (κ2) is 7.51. The molecular weight excluding hydrogens is 320 g/mol. The van der Waals surface area contributed by atoms with Crippen LogP contribution in [0.15, 0.2) is 29.4 Å². The number of amides is 2. The number of rotatable bonds is 6. The van der Waals surface area contributed by atoms with Gasteiger partial charge in [-0.3, -0.25) is 14.6 Å². The quantitative estimate of drug-likeness (QED) is 0.730. The number of nitrogens with one attached hydrogen (secondary N) is 1. The molecule has 1 saturated heterocycles. The van der Waals surface area contributed by atoms with E-state index in [0.717, 1.165) is 12.8 Å². The van der Waals surface area contributed by atoms with E-state index in [-0.39, 0.29) is 23.8 Å². The third-order valence-corrected chi connectivity index (χ3v) is 5.17. The van der Waals surface area contributed by atoms with Crippen molar-refractivity contribution in [1.29, 1.82) is 0 Å². The average Bonchev–Trinajstić information content (AvgIpc) is 2.55. The Hall–Kier alpha value is -2.00. The fourth-order valence-electron chi connectivity index (χ4n) is 2.55. The smallest absolute Gasteiger partial charge is 0.242 e. The maximum Gasteiger partial charge on any atom is 0.242 e. The first-order valence-corrected chi connectivity index (χ1v) is 8.88. The van der Waals surface area contributed by atoms with Crippen LogP contribution in [0.5, 0.6) is 0 Å². The fraction of sp³-hybridized carbons (Fsp3) is 0.500. The highest BCUT2D eigenvalue weighted by molar-refractivity contribution is 7.89. The summed E-state index contributed by atoms with van der Waals surface area (Å²) in [6.07, 6.45) is 4.91. The van der Waals surface area contributed by atoms with Gasteiger partial charge in [0, 0.05) is 31.9 Å². The Labute approximate surface area is 135 Å². The molecule has 2 heterocycles. The molecule has 0 spiro atoms. The highest BCUT2D eigenvalue weighted by atomic mass is 32.2. The molecule has 1 aliphatic heterocycles. The molecule has 8 nitrogen and oxygen atoms in total. The van der Waals surface area contributed by atoms with Gasteiger partial charge in [0.2, 0.25) is 21.8 Å². The second-order valence-corrected chi connectivity index (χ2v) is 7.10. The largest absolute Gasteiger partial charge is 0.368 e. The molecule has 1 aliphatic rings. The summed E-state index contributed by atoms with van der Waals surface area (Å²) in [5, 5.41) is 0. The zero-order valence-electron chi connectivity index (χ0n) is 12.6. The van der Waals surface area contributed by atoms with Gasteiger partial charge in [-0.1, -0.05) is 0 Å². The van der Waals surface area contributed by atoms with Crippen molar-refractivity contribution in [3.63, 3.8) is 0 Å². The van der Waals surface area contributed by atoms with E-state index in [1.807, 2.05) is 0 Å². The number of pyridine rings is 1. The van der Waals surface area contributed by atoms with Gasteiger partial charge in [0.05, 0.1) is 0 Å². The maximum absolute atomic E-state index is 12.2. The summed E-state index contributed by atoms with van der Waals surface area (Å²) in [5.74, 6) is -0.795. The lowest BCUT2D eigenvalue weighted by atomic mass is 10.0. The van der Waals surface area contributed by atoms with Gasteiger partial charge in [-0.15, -0.1) is 0 Å². The van der Waals surface area contributed by atoms with Gasteiger partial charge < -0.3 is 10.6 Å². The third kappa shape index (κ3) is 4.49. The van der Waals surface area contributed by atoms with Crippen molar-refractivity contribution in [2.24, 2.45) is 5.73 Å². The van der Waals surface area contributed by atoms with E-state index >= 15 is 0 Å². The third-order valence-electron chi connectivity index (χ3n) is 3.73. The van der Waals surface area contributed by atoms with Gasteiger partial charge in [-0.05, 0) is 31.4 Å². The molecule has 1 aromatic rings. The highest BCUT2D eigenvalue weighted by Gasteiger charge is 2.30. The molecule has 1 unspecified atom stereocenters. The van der Waals surface area contributed by atoms with Gasteiger partial charge in [-0.2, -0.15) is 0 Å². The molecule has 23 heavy (non-hydrogen) atoms. The number of carbonyl (C=O) groups excluding carboxylic acids is 2. The SMILES string of the molecule is NC(=O)C1CCCCN1C(=O)CCNS(=O)(=O)c1cccnc1. The predicted molar refractivity (Wildman–Crippen MR) is 82.6 cm³/mol. The van der Waals surface area contributed by atoms with Gasteiger partial charge in [0.15, 0.2) is 0 Å². The molecule has 2 rings (SSSR count). The van der Waals surface area contributed by atoms with Crippen molar-refractivity contribution in [2.45, 2.75) is 36.6 Å². The van der Waals surface area contributed by atoms with Gasteiger partial charge in [0.25, 0.3) is 0 Å². The number of nitrogens with two attached hydrogens (primary N) is 1. The van der Waals surface area contributed by atoms with Crippen LogP contribution in [0.1, 0.15) is 25.7 Å². The van der Waals surface area contributed by atoms with Crippen LogP contribution < -0.4 is 10.5 Å². The van der Waals surface area contributed by atoms with Crippen LogP contribution in [0.3, 0.4) is 0 Å². The van der Waals surface area contributed by atoms with Crippen LogP contribution in [0.25, 0.3) is 0 Å². The first-order chi connectivity index (χ1) is 10.9. The summed E-state index contributed by atoms with van der Waals surface area (Å²) in [6.45, 7) is 0.430. The van der Waals surface area contributed by atoms with Crippen LogP contribution in [0.2, 0.25) is 0 Å². The first kappa shape index (κ1) is 17.4. The Morgan fingerprint density at radius 1 is 1.39 bits per heavy atom. The van der Waals surface area contributed by atoms with E-state index in [9.17, 15) is 18.0 Å². The lowest BCUT2D eigenvalue weighted by molar-refractivity contribution is -0.140. The lowest BCUT2D eigenvalue weighted by Gasteiger charge is -2.33. The molecule has 0 aliphatic carbocycles. The van der Waals surface area contributed by atoms with Crippen LogP contribution in [-0.4, -0.2) is 49.2 Å². The normalized spacial score (nSPS) is 18.6. The number of nitrogens with zero attached hydrogens (tertiary/aromatic N) is 2. The average molecular weight is 340 g/mol. The number of sulfonamides is 1. The molecule has 3 N–H and O–H groups in total. The number of hydrogen-bond donors (Lipinski definition) is 2. The Morgan fingerprint density at radius 3 is 2.83 bits per heavy atom. The van der Waals surface area contributed by atoms with E-state index in [1.54, 1.807) is 0 Å². The lowest BCUT2D eigenvalue weighted by Crippen LogP contribution is -2.51. The Kier molecular flexibility index (Phi) is 5.67. The molecule has 9 heteroatoms. The summed E-state index contributed by atoms with van der Waals surface area (Å²) in [5.41, 5.74) is 5.32. The molecule has 0 aromatic carbocycles. The van der Waals surface area contributed by atoms with E-state index < -0.39 is 22.0 Å². The molecule has 0 bridgehead atoms. The minimum atomic E-state index is -3.69. The number of hydrogen-bond acceptors (Lipinski definition) is 5. The molecule has 0 radical (unpaired) electrons. The fourth-order valence-corrected chi connectivity index (χ4v) is 3.55. The van der Waals surface area contributed by atoms with E-state index in [4.69, 9.17) is 5.73 Å². The van der Waals surface area contributed by atoms with E-state index in [1.165, 1.54) is 29.4 Å². The zero-order chi connectivity index (χ0) is 16.9. The summed E-state index contributed by atoms with van der Waals surface area (Å²) in [7, 11) is -3.69. The summed E-state index contributed by atoms with van der Waals surface area (Å²) in [6, 6.07) is 2.35. The summed E-state index contributed by atoms with van der Waals surface area (Å²) >= 11 is 0. The van der Waals surface area contributed by atoms with Crippen LogP contribution in [0.4, 0.5) is 0 Å². The monoisotopic (exact) mass is 340 g/mol. The van der Waals surface area contributed by atoms with Gasteiger partial charge in [0.1, 0.15) is 10.9 Å². The topological polar surface area (TPSA) is 122 Å². The van der Waals surface area contributed by atoms with Crippen LogP contribution in [-0.2, 0) is 19.6 Å². The minimum Gasteiger partial charge on any atom is -0.368 e. The Morgan fingerprint density at radius 2 is 2.17 bits per heavy atom.